The van der Waals surface area contributed by atoms with Gasteiger partial charge in [0.15, 0.2) is 5.78 Å². The van der Waals surface area contributed by atoms with Crippen LogP contribution in [0.1, 0.15) is 61.3 Å². The molecule has 3 heterocycles. The number of hydrogen-bond donors (Lipinski definition) is 3. The lowest BCUT2D eigenvalue weighted by Crippen LogP contribution is -2.67. The number of nitrogens with one attached hydrogen (secondary N) is 2. The monoisotopic (exact) mass is 529 g/mol. The Kier molecular flexibility index (Phi) is 8.21. The molecule has 2 aliphatic rings. The van der Waals surface area contributed by atoms with E-state index in [1.54, 1.807) is 0 Å². The van der Waals surface area contributed by atoms with Crippen LogP contribution in [0.15, 0.2) is 48.7 Å². The van der Waals surface area contributed by atoms with Crippen molar-refractivity contribution in [2.45, 2.75) is 77.0 Å². The van der Waals surface area contributed by atoms with Gasteiger partial charge in [-0.1, -0.05) is 42.8 Å². The second kappa shape index (κ2) is 11.6. The van der Waals surface area contributed by atoms with Crippen molar-refractivity contribution in [3.8, 4) is 0 Å². The Bertz CT molecular complexity index is 1320. The zero-order chi connectivity index (χ0) is 27.6. The topological polar surface area (TPSA) is 94.5 Å². The maximum Gasteiger partial charge on any atom is 0.240 e. The first kappa shape index (κ1) is 27.6. The van der Waals surface area contributed by atoms with Crippen molar-refractivity contribution in [2.24, 2.45) is 5.73 Å². The number of hydrogen-bond acceptors (Lipinski definition) is 5. The molecule has 208 valence electrons. The number of piperidine rings is 2. The van der Waals surface area contributed by atoms with Crippen molar-refractivity contribution in [1.29, 1.82) is 0 Å². The third kappa shape index (κ3) is 5.53. The number of fused-ring (bicyclic) bond motifs is 1. The van der Waals surface area contributed by atoms with Crippen molar-refractivity contribution < 1.29 is 9.59 Å². The van der Waals surface area contributed by atoms with Crippen LogP contribution in [0.5, 0.6) is 0 Å². The lowest BCUT2D eigenvalue weighted by atomic mass is 9.78. The van der Waals surface area contributed by atoms with E-state index in [0.717, 1.165) is 55.5 Å². The number of rotatable bonds is 8. The number of amides is 1. The van der Waals surface area contributed by atoms with Crippen molar-refractivity contribution in [2.75, 3.05) is 26.2 Å². The van der Waals surface area contributed by atoms with Gasteiger partial charge in [-0.3, -0.25) is 14.5 Å². The number of aromatic amines is 1. The largest absolute Gasteiger partial charge is 0.361 e. The number of carbonyl (C=O) groups is 2. The van der Waals surface area contributed by atoms with Crippen LogP contribution in [-0.4, -0.2) is 64.7 Å². The lowest BCUT2D eigenvalue weighted by Gasteiger charge is -2.46. The quantitative estimate of drug-likeness (QED) is 0.407. The fraction of sp³-hybridized carbons (Fsp3) is 0.500. The first-order chi connectivity index (χ1) is 18.8. The summed E-state index contributed by atoms with van der Waals surface area (Å²) in [6, 6.07) is 13.8. The van der Waals surface area contributed by atoms with E-state index < -0.39 is 11.6 Å². The van der Waals surface area contributed by atoms with E-state index in [9.17, 15) is 9.59 Å². The van der Waals surface area contributed by atoms with Gasteiger partial charge in [-0.15, -0.1) is 0 Å². The molecule has 2 unspecified atom stereocenters. The minimum atomic E-state index is -1.50. The van der Waals surface area contributed by atoms with Crippen LogP contribution in [-0.2, 0) is 21.7 Å². The predicted molar refractivity (Wildman–Crippen MR) is 156 cm³/mol. The maximum atomic E-state index is 14.1. The van der Waals surface area contributed by atoms with Crippen LogP contribution in [0.3, 0.4) is 0 Å². The molecule has 0 saturated carbocycles. The molecule has 0 radical (unpaired) electrons. The number of aromatic nitrogens is 1. The van der Waals surface area contributed by atoms with Crippen molar-refractivity contribution in [3.05, 3.63) is 70.9 Å². The highest BCUT2D eigenvalue weighted by Gasteiger charge is 2.50. The van der Waals surface area contributed by atoms with Gasteiger partial charge in [0.2, 0.25) is 5.91 Å². The molecule has 1 amide bonds. The molecule has 2 aromatic carbocycles. The van der Waals surface area contributed by atoms with E-state index in [2.05, 4.69) is 46.1 Å². The van der Waals surface area contributed by atoms with Crippen LogP contribution in [0.4, 0.5) is 0 Å². The summed E-state index contributed by atoms with van der Waals surface area (Å²) in [5, 5.41) is 4.03. The molecule has 2 aliphatic heterocycles. The van der Waals surface area contributed by atoms with Gasteiger partial charge in [0.05, 0.1) is 0 Å². The fourth-order valence-electron chi connectivity index (χ4n) is 6.60. The average molecular weight is 530 g/mol. The molecule has 7 nitrogen and oxygen atoms in total. The first-order valence-electron chi connectivity index (χ1n) is 14.5. The number of likely N-dealkylation sites (tertiary alicyclic amines) is 2. The number of nitrogens with two attached hydrogens (primary N) is 1. The van der Waals surface area contributed by atoms with E-state index in [1.807, 2.05) is 36.5 Å². The van der Waals surface area contributed by atoms with E-state index in [1.165, 1.54) is 37.3 Å². The number of para-hydroxylation sites is 1. The standard InChI is InChI=1S/C32H43N5O2/c1-22-11-12-25(19-23(22)2)20-35-31(39)30(37-17-13-26(14-18-37)36-15-7-4-8-16-36)32(33,24(3)38)28-21-34-29-10-6-5-9-27(28)29/h5-6,9-12,19,21,26,30,34H,4,7-8,13-18,20,33H2,1-3H3,(H,35,39). The Morgan fingerprint density at radius 3 is 2.44 bits per heavy atom. The summed E-state index contributed by atoms with van der Waals surface area (Å²) >= 11 is 0. The van der Waals surface area contributed by atoms with Gasteiger partial charge in [-0.2, -0.15) is 0 Å². The second-order valence-corrected chi connectivity index (χ2v) is 11.6. The summed E-state index contributed by atoms with van der Waals surface area (Å²) in [5.74, 6) is -0.413. The fourth-order valence-corrected chi connectivity index (χ4v) is 6.60. The van der Waals surface area contributed by atoms with Gasteiger partial charge >= 0.3 is 0 Å². The Balaban J connectivity index is 1.45. The molecule has 4 N–H and O–H groups in total. The Hall–Kier alpha value is -3.00. The van der Waals surface area contributed by atoms with Crippen molar-refractivity contribution >= 4 is 22.6 Å². The number of benzene rings is 2. The maximum absolute atomic E-state index is 14.1. The third-order valence-corrected chi connectivity index (χ3v) is 9.11. The molecule has 1 aromatic heterocycles. The van der Waals surface area contributed by atoms with Gasteiger partial charge < -0.3 is 20.9 Å². The van der Waals surface area contributed by atoms with E-state index in [0.29, 0.717) is 18.2 Å². The number of aryl methyl sites for hydroxylation is 2. The molecule has 0 bridgehead atoms. The number of ketones is 1. The normalized spacial score (nSPS) is 20.0. The Morgan fingerprint density at radius 1 is 1.03 bits per heavy atom. The number of H-pyrrole nitrogens is 1. The van der Waals surface area contributed by atoms with Crippen LogP contribution < -0.4 is 11.1 Å². The van der Waals surface area contributed by atoms with Crippen LogP contribution >= 0.6 is 0 Å². The highest BCUT2D eigenvalue weighted by molar-refractivity contribution is 6.00. The van der Waals surface area contributed by atoms with E-state index >= 15 is 0 Å². The molecular formula is C32H43N5O2. The molecular weight excluding hydrogens is 486 g/mol. The van der Waals surface area contributed by atoms with Gasteiger partial charge in [-0.25, -0.2) is 0 Å². The van der Waals surface area contributed by atoms with Crippen LogP contribution in [0.2, 0.25) is 0 Å². The smallest absolute Gasteiger partial charge is 0.240 e. The summed E-state index contributed by atoms with van der Waals surface area (Å²) in [7, 11) is 0. The number of Topliss-reactive ketones (excluding diaryl/α,β-unsaturated/α-hetero) is 1. The number of carbonyl (C=O) groups excluding carboxylic acids is 2. The molecule has 39 heavy (non-hydrogen) atoms. The van der Waals surface area contributed by atoms with Gasteiger partial charge in [0.25, 0.3) is 0 Å². The van der Waals surface area contributed by atoms with E-state index in [-0.39, 0.29) is 11.7 Å². The second-order valence-electron chi connectivity index (χ2n) is 11.6. The molecule has 5 rings (SSSR count). The molecule has 0 aliphatic carbocycles. The van der Waals surface area contributed by atoms with Gasteiger partial charge in [0, 0.05) is 48.3 Å². The van der Waals surface area contributed by atoms with Crippen molar-refractivity contribution in [1.82, 2.24) is 20.1 Å². The summed E-state index contributed by atoms with van der Waals surface area (Å²) in [5.41, 5.74) is 10.7. The molecule has 3 aromatic rings. The molecule has 2 atom stereocenters. The summed E-state index contributed by atoms with van der Waals surface area (Å²) in [6.45, 7) is 9.86. The zero-order valence-corrected chi connectivity index (χ0v) is 23.6. The van der Waals surface area contributed by atoms with Crippen LogP contribution in [0, 0.1) is 13.8 Å². The average Bonchev–Trinajstić information content (AvgIpc) is 3.39. The molecule has 2 saturated heterocycles. The minimum absolute atomic E-state index is 0.201. The zero-order valence-electron chi connectivity index (χ0n) is 23.6. The highest BCUT2D eigenvalue weighted by atomic mass is 16.2. The Labute approximate surface area is 232 Å². The van der Waals surface area contributed by atoms with Crippen molar-refractivity contribution in [3.63, 3.8) is 0 Å². The molecule has 2 fully saturated rings. The molecule has 7 heteroatoms. The van der Waals surface area contributed by atoms with Gasteiger partial charge in [-0.05, 0) is 82.3 Å². The first-order valence-corrected chi connectivity index (χ1v) is 14.5. The minimum Gasteiger partial charge on any atom is -0.361 e. The summed E-state index contributed by atoms with van der Waals surface area (Å²) in [6.07, 6.45) is 7.61. The third-order valence-electron chi connectivity index (χ3n) is 9.11. The van der Waals surface area contributed by atoms with Gasteiger partial charge in [0.1, 0.15) is 11.6 Å². The SMILES string of the molecule is CC(=O)C(N)(c1c[nH]c2ccccc12)C(C(=O)NCc1ccc(C)c(C)c1)N1CCC(N2CCCCC2)CC1. The predicted octanol–water partition coefficient (Wildman–Crippen LogP) is 4.16. The van der Waals surface area contributed by atoms with Crippen LogP contribution in [0.25, 0.3) is 10.9 Å². The Morgan fingerprint density at radius 2 is 1.74 bits per heavy atom. The van der Waals surface area contributed by atoms with E-state index in [4.69, 9.17) is 5.73 Å². The lowest BCUT2D eigenvalue weighted by molar-refractivity contribution is -0.137. The summed E-state index contributed by atoms with van der Waals surface area (Å²) < 4.78 is 0. The highest BCUT2D eigenvalue weighted by Crippen LogP contribution is 2.35. The summed E-state index contributed by atoms with van der Waals surface area (Å²) in [4.78, 5) is 35.7. The molecule has 0 spiro atoms. The number of nitrogens with zero attached hydrogens (tertiary/aromatic N) is 2.